The molecule has 0 radical (unpaired) electrons. The maximum atomic E-state index is 2.57. The van der Waals surface area contributed by atoms with Crippen molar-refractivity contribution in [3.8, 4) is 17.1 Å². The van der Waals surface area contributed by atoms with Gasteiger partial charge in [-0.15, -0.1) is 0 Å². The molecule has 0 amide bonds. The number of imidazole rings is 1. The topological polar surface area (TPSA) is 13.7 Å². The third-order valence-corrected chi connectivity index (χ3v) is 8.14. The number of hydrogen-bond acceptors (Lipinski definition) is 0. The van der Waals surface area contributed by atoms with Crippen molar-refractivity contribution < 1.29 is 4.57 Å². The minimum atomic E-state index is 0.387. The predicted octanol–water partition coefficient (Wildman–Crippen LogP) is 7.84. The Balaban J connectivity index is 1.75. The van der Waals surface area contributed by atoms with E-state index >= 15 is 0 Å². The third-order valence-electron chi connectivity index (χ3n) is 8.14. The molecule has 3 nitrogen and oxygen atoms in total. The average Bonchev–Trinajstić information content (AvgIpc) is 3.51. The maximum absolute atomic E-state index is 2.57. The Morgan fingerprint density at radius 1 is 0.750 bits per heavy atom. The van der Waals surface area contributed by atoms with Crippen LogP contribution in [0.2, 0.25) is 0 Å². The predicted molar refractivity (Wildman–Crippen MR) is 150 cm³/mol. The summed E-state index contributed by atoms with van der Waals surface area (Å²) in [6.07, 6.45) is 0. The number of para-hydroxylation sites is 3. The fourth-order valence-electron chi connectivity index (χ4n) is 6.47. The average molecular weight is 471 g/mol. The molecular weight excluding hydrogens is 438 g/mol. The molecule has 0 saturated carbocycles. The molecule has 0 unspecified atom stereocenters. The van der Waals surface area contributed by atoms with Crippen LogP contribution in [0.1, 0.15) is 56.2 Å². The number of aryl methyl sites for hydroxylation is 1. The molecule has 0 atom stereocenters. The van der Waals surface area contributed by atoms with E-state index in [0.717, 1.165) is 6.54 Å². The van der Waals surface area contributed by atoms with Crippen LogP contribution in [0.25, 0.3) is 49.9 Å². The lowest BCUT2D eigenvalue weighted by Crippen LogP contribution is -2.31. The van der Waals surface area contributed by atoms with Crippen molar-refractivity contribution in [2.45, 2.75) is 46.1 Å². The zero-order chi connectivity index (χ0) is 24.7. The molecule has 7 rings (SSSR count). The molecule has 6 aromatic rings. The fourth-order valence-corrected chi connectivity index (χ4v) is 6.47. The highest BCUT2D eigenvalue weighted by Crippen LogP contribution is 2.44. The van der Waals surface area contributed by atoms with Gasteiger partial charge in [-0.1, -0.05) is 82.3 Å². The van der Waals surface area contributed by atoms with Crippen LogP contribution >= 0.6 is 0 Å². The van der Waals surface area contributed by atoms with Crippen LogP contribution < -0.4 is 4.57 Å². The highest BCUT2D eigenvalue weighted by molar-refractivity contribution is 6.13. The highest BCUT2D eigenvalue weighted by Gasteiger charge is 2.37. The van der Waals surface area contributed by atoms with Crippen molar-refractivity contribution in [2.75, 3.05) is 0 Å². The van der Waals surface area contributed by atoms with Crippen molar-refractivity contribution in [2.24, 2.45) is 7.05 Å². The lowest BCUT2D eigenvalue weighted by molar-refractivity contribution is -0.645. The van der Waals surface area contributed by atoms with E-state index < -0.39 is 0 Å². The van der Waals surface area contributed by atoms with Gasteiger partial charge in [-0.05, 0) is 41.7 Å². The second kappa shape index (κ2) is 7.57. The van der Waals surface area contributed by atoms with E-state index in [9.17, 15) is 0 Å². The summed E-state index contributed by atoms with van der Waals surface area (Å²) in [5, 5.41) is 2.74. The Bertz CT molecular complexity index is 1830. The number of aromatic nitrogens is 3. The van der Waals surface area contributed by atoms with Crippen LogP contribution in [-0.4, -0.2) is 9.13 Å². The molecule has 0 bridgehead atoms. The smallest absolute Gasteiger partial charge is 0.295 e. The van der Waals surface area contributed by atoms with Gasteiger partial charge in [0.05, 0.1) is 11.1 Å². The van der Waals surface area contributed by atoms with Crippen molar-refractivity contribution in [1.82, 2.24) is 9.13 Å². The second-order valence-electron chi connectivity index (χ2n) is 10.9. The minimum Gasteiger partial charge on any atom is -0.340 e. The third kappa shape index (κ3) is 2.71. The summed E-state index contributed by atoms with van der Waals surface area (Å²) >= 11 is 0. The molecule has 2 aromatic heterocycles. The van der Waals surface area contributed by atoms with Gasteiger partial charge in [0.2, 0.25) is 0 Å². The summed E-state index contributed by atoms with van der Waals surface area (Å²) in [6.45, 7) is 10.2. The zero-order valence-corrected chi connectivity index (χ0v) is 21.7. The van der Waals surface area contributed by atoms with Gasteiger partial charge in [0.1, 0.15) is 6.54 Å². The number of benzene rings is 4. The summed E-state index contributed by atoms with van der Waals surface area (Å²) in [4.78, 5) is 0. The molecule has 4 aromatic carbocycles. The van der Waals surface area contributed by atoms with Crippen LogP contribution in [0, 0.1) is 0 Å². The van der Waals surface area contributed by atoms with Gasteiger partial charge < -0.3 is 4.57 Å². The Hall–Kier alpha value is -3.85. The molecular formula is C33H32N3+. The summed E-state index contributed by atoms with van der Waals surface area (Å²) in [5.41, 5.74) is 12.1. The summed E-state index contributed by atoms with van der Waals surface area (Å²) in [6, 6.07) is 29.2. The first-order valence-corrected chi connectivity index (χ1v) is 13.1. The van der Waals surface area contributed by atoms with Gasteiger partial charge in [-0.2, -0.15) is 4.57 Å². The van der Waals surface area contributed by atoms with Crippen LogP contribution in [0.4, 0.5) is 0 Å². The summed E-state index contributed by atoms with van der Waals surface area (Å²) in [7, 11) is 2.25. The Morgan fingerprint density at radius 2 is 1.42 bits per heavy atom. The van der Waals surface area contributed by atoms with Crippen molar-refractivity contribution >= 4 is 32.8 Å². The molecule has 1 aliphatic heterocycles. The number of rotatable bonds is 3. The van der Waals surface area contributed by atoms with E-state index in [1.54, 1.807) is 0 Å². The normalized spacial score (nSPS) is 13.0. The molecule has 0 N–H and O–H groups in total. The van der Waals surface area contributed by atoms with Gasteiger partial charge in [-0.3, -0.25) is 0 Å². The largest absolute Gasteiger partial charge is 0.340 e. The fraction of sp³-hybridized carbons (Fsp3) is 0.242. The first-order chi connectivity index (χ1) is 17.5. The number of hydrogen-bond donors (Lipinski definition) is 0. The molecule has 0 saturated heterocycles. The van der Waals surface area contributed by atoms with Crippen LogP contribution in [0.3, 0.4) is 0 Å². The maximum Gasteiger partial charge on any atom is 0.295 e. The van der Waals surface area contributed by atoms with Crippen LogP contribution in [0.15, 0.2) is 78.9 Å². The van der Waals surface area contributed by atoms with E-state index in [0.29, 0.717) is 11.8 Å². The first kappa shape index (κ1) is 21.4. The molecule has 0 fully saturated rings. The molecule has 0 spiro atoms. The molecule has 3 heterocycles. The van der Waals surface area contributed by atoms with E-state index in [2.05, 4.69) is 127 Å². The van der Waals surface area contributed by atoms with Gasteiger partial charge >= 0.3 is 0 Å². The molecule has 3 heteroatoms. The highest BCUT2D eigenvalue weighted by atomic mass is 15.2. The minimum absolute atomic E-state index is 0.387. The van der Waals surface area contributed by atoms with Crippen molar-refractivity contribution in [3.63, 3.8) is 0 Å². The Kier molecular flexibility index (Phi) is 4.51. The summed E-state index contributed by atoms with van der Waals surface area (Å²) < 4.78 is 7.52. The SMILES string of the molecule is CC(C)c1cc(C(C)C)c2c3ccccc3n(C)c2c1-n1c2[n+](c3ccccc31)Cc1ccccc1-2. The zero-order valence-electron chi connectivity index (χ0n) is 21.7. The molecule has 36 heavy (non-hydrogen) atoms. The van der Waals surface area contributed by atoms with Crippen LogP contribution in [0.5, 0.6) is 0 Å². The van der Waals surface area contributed by atoms with E-state index in [1.807, 2.05) is 0 Å². The van der Waals surface area contributed by atoms with E-state index in [-0.39, 0.29) is 0 Å². The van der Waals surface area contributed by atoms with Crippen molar-refractivity contribution in [3.05, 3.63) is 95.6 Å². The van der Waals surface area contributed by atoms with Gasteiger partial charge in [0.25, 0.3) is 5.82 Å². The number of fused-ring (bicyclic) bond motifs is 8. The Labute approximate surface area is 212 Å². The molecule has 1 aliphatic rings. The monoisotopic (exact) mass is 470 g/mol. The van der Waals surface area contributed by atoms with Gasteiger partial charge in [-0.25, -0.2) is 4.57 Å². The van der Waals surface area contributed by atoms with Gasteiger partial charge in [0.15, 0.2) is 16.7 Å². The lowest BCUT2D eigenvalue weighted by Gasteiger charge is -2.19. The van der Waals surface area contributed by atoms with E-state index in [4.69, 9.17) is 0 Å². The Morgan fingerprint density at radius 3 is 2.19 bits per heavy atom. The number of nitrogens with zero attached hydrogens (tertiary/aromatic N) is 3. The second-order valence-corrected chi connectivity index (χ2v) is 10.9. The standard InChI is InChI=1S/C33H32N3/c1-20(2)25-18-26(21(3)4)31(32-30(25)24-14-8-9-15-27(24)34(32)5)36-29-17-11-10-16-28(29)35-19-22-12-6-7-13-23(22)33(35)36/h6-18,20-21H,19H2,1-5H3/q+1. The van der Waals surface area contributed by atoms with E-state index in [1.165, 1.54) is 66.6 Å². The molecule has 178 valence electrons. The molecule has 0 aliphatic carbocycles. The quantitative estimate of drug-likeness (QED) is 0.234. The van der Waals surface area contributed by atoms with Crippen LogP contribution in [-0.2, 0) is 13.6 Å². The summed E-state index contributed by atoms with van der Waals surface area (Å²) in [5.74, 6) is 2.11. The van der Waals surface area contributed by atoms with Crippen molar-refractivity contribution in [1.29, 1.82) is 0 Å². The lowest BCUT2D eigenvalue weighted by atomic mass is 9.89. The van der Waals surface area contributed by atoms with Gasteiger partial charge in [0, 0.05) is 34.5 Å². The first-order valence-electron chi connectivity index (χ1n) is 13.1.